The van der Waals surface area contributed by atoms with Crippen molar-refractivity contribution in [3.63, 3.8) is 0 Å². The van der Waals surface area contributed by atoms with E-state index in [4.69, 9.17) is 0 Å². The fraction of sp³-hybridized carbons (Fsp3) is 0.667. The SMILES string of the molecule is CCc1nc(N2CCN(C)C(C)C2)sc1C=O. The second-order valence-electron chi connectivity index (χ2n) is 4.55. The number of nitrogens with zero attached hydrogens (tertiary/aromatic N) is 3. The van der Waals surface area contributed by atoms with Gasteiger partial charge in [0.2, 0.25) is 0 Å². The van der Waals surface area contributed by atoms with Gasteiger partial charge in [-0.15, -0.1) is 0 Å². The van der Waals surface area contributed by atoms with Gasteiger partial charge in [0, 0.05) is 25.7 Å². The molecule has 0 aliphatic carbocycles. The Morgan fingerprint density at radius 3 is 2.82 bits per heavy atom. The first-order chi connectivity index (χ1) is 8.15. The predicted octanol–water partition coefficient (Wildman–Crippen LogP) is 1.66. The first kappa shape index (κ1) is 12.5. The van der Waals surface area contributed by atoms with Crippen molar-refractivity contribution in [2.24, 2.45) is 0 Å². The van der Waals surface area contributed by atoms with Gasteiger partial charge in [0.1, 0.15) is 0 Å². The molecular formula is C12H19N3OS. The summed E-state index contributed by atoms with van der Waals surface area (Å²) < 4.78 is 0. The van der Waals surface area contributed by atoms with Crippen LogP contribution in [0.15, 0.2) is 0 Å². The summed E-state index contributed by atoms with van der Waals surface area (Å²) >= 11 is 1.52. The Balaban J connectivity index is 2.17. The number of thiazole rings is 1. The number of anilines is 1. The lowest BCUT2D eigenvalue weighted by Crippen LogP contribution is -2.50. The fourth-order valence-electron chi connectivity index (χ4n) is 2.05. The molecule has 0 aromatic carbocycles. The van der Waals surface area contributed by atoms with Gasteiger partial charge in [0.25, 0.3) is 0 Å². The minimum Gasteiger partial charge on any atom is -0.345 e. The molecule has 1 aromatic heterocycles. The summed E-state index contributed by atoms with van der Waals surface area (Å²) in [6.45, 7) is 7.31. The van der Waals surface area contributed by atoms with Crippen molar-refractivity contribution in [3.05, 3.63) is 10.6 Å². The van der Waals surface area contributed by atoms with Crippen molar-refractivity contribution < 1.29 is 4.79 Å². The molecular weight excluding hydrogens is 234 g/mol. The molecule has 1 aromatic rings. The summed E-state index contributed by atoms with van der Waals surface area (Å²) in [7, 11) is 2.15. The van der Waals surface area contributed by atoms with E-state index in [0.717, 1.165) is 48.0 Å². The lowest BCUT2D eigenvalue weighted by Gasteiger charge is -2.37. The zero-order chi connectivity index (χ0) is 12.4. The molecule has 4 nitrogen and oxygen atoms in total. The maximum Gasteiger partial charge on any atom is 0.186 e. The smallest absolute Gasteiger partial charge is 0.186 e. The molecule has 0 saturated carbocycles. The van der Waals surface area contributed by atoms with Crippen LogP contribution in [-0.4, -0.2) is 48.9 Å². The summed E-state index contributed by atoms with van der Waals surface area (Å²) in [5.41, 5.74) is 0.937. The number of hydrogen-bond acceptors (Lipinski definition) is 5. The number of aromatic nitrogens is 1. The van der Waals surface area contributed by atoms with Crippen LogP contribution in [0.4, 0.5) is 5.13 Å². The molecule has 1 aliphatic heterocycles. The maximum absolute atomic E-state index is 10.9. The molecule has 0 amide bonds. The van der Waals surface area contributed by atoms with E-state index in [-0.39, 0.29) is 0 Å². The van der Waals surface area contributed by atoms with E-state index < -0.39 is 0 Å². The minimum atomic E-state index is 0.539. The van der Waals surface area contributed by atoms with Gasteiger partial charge in [-0.2, -0.15) is 0 Å². The van der Waals surface area contributed by atoms with Crippen LogP contribution < -0.4 is 4.90 Å². The van der Waals surface area contributed by atoms with Crippen molar-refractivity contribution in [3.8, 4) is 0 Å². The molecule has 5 heteroatoms. The molecule has 94 valence electrons. The van der Waals surface area contributed by atoms with Gasteiger partial charge >= 0.3 is 0 Å². The molecule has 17 heavy (non-hydrogen) atoms. The number of likely N-dealkylation sites (N-methyl/N-ethyl adjacent to an activating group) is 1. The van der Waals surface area contributed by atoms with E-state index in [1.165, 1.54) is 11.3 Å². The highest BCUT2D eigenvalue weighted by atomic mass is 32.1. The first-order valence-corrected chi connectivity index (χ1v) is 6.87. The largest absolute Gasteiger partial charge is 0.345 e. The number of piperazine rings is 1. The molecule has 1 saturated heterocycles. The summed E-state index contributed by atoms with van der Waals surface area (Å²) in [6, 6.07) is 0.539. The van der Waals surface area contributed by atoms with E-state index >= 15 is 0 Å². The van der Waals surface area contributed by atoms with E-state index in [1.807, 2.05) is 6.92 Å². The van der Waals surface area contributed by atoms with Gasteiger partial charge in [0.15, 0.2) is 11.4 Å². The van der Waals surface area contributed by atoms with E-state index in [0.29, 0.717) is 6.04 Å². The number of aryl methyl sites for hydroxylation is 1. The quantitative estimate of drug-likeness (QED) is 0.768. The van der Waals surface area contributed by atoms with Crippen LogP contribution in [0, 0.1) is 0 Å². The number of carbonyl (C=O) groups is 1. The molecule has 2 rings (SSSR count). The van der Waals surface area contributed by atoms with Gasteiger partial charge in [-0.1, -0.05) is 18.3 Å². The van der Waals surface area contributed by atoms with Crippen LogP contribution in [0.1, 0.15) is 29.2 Å². The molecule has 0 spiro atoms. The Morgan fingerprint density at radius 2 is 2.29 bits per heavy atom. The lowest BCUT2D eigenvalue weighted by atomic mass is 10.2. The number of rotatable bonds is 3. The van der Waals surface area contributed by atoms with Crippen LogP contribution in [-0.2, 0) is 6.42 Å². The summed E-state index contributed by atoms with van der Waals surface area (Å²) in [5, 5.41) is 1.00. The maximum atomic E-state index is 10.9. The molecule has 1 unspecified atom stereocenters. The standard InChI is InChI=1S/C12H19N3OS/c1-4-10-11(8-16)17-12(13-10)15-6-5-14(3)9(2)7-15/h8-9H,4-7H2,1-3H3. The summed E-state index contributed by atoms with van der Waals surface area (Å²) in [4.78, 5) is 21.0. The Labute approximate surface area is 106 Å². The first-order valence-electron chi connectivity index (χ1n) is 6.05. The van der Waals surface area contributed by atoms with Gasteiger partial charge < -0.3 is 9.80 Å². The van der Waals surface area contributed by atoms with Crippen molar-refractivity contribution in [1.29, 1.82) is 0 Å². The molecule has 2 heterocycles. The van der Waals surface area contributed by atoms with Crippen molar-refractivity contribution in [2.75, 3.05) is 31.6 Å². The molecule has 0 N–H and O–H groups in total. The topological polar surface area (TPSA) is 36.4 Å². The third-order valence-corrected chi connectivity index (χ3v) is 4.47. The highest BCUT2D eigenvalue weighted by Crippen LogP contribution is 2.27. The number of aldehydes is 1. The zero-order valence-corrected chi connectivity index (χ0v) is 11.5. The van der Waals surface area contributed by atoms with E-state index in [2.05, 4.69) is 28.8 Å². The molecule has 1 fully saturated rings. The highest BCUT2D eigenvalue weighted by Gasteiger charge is 2.23. The molecule has 0 bridgehead atoms. The molecule has 0 radical (unpaired) electrons. The third kappa shape index (κ3) is 2.50. The Hall–Kier alpha value is -0.940. The van der Waals surface area contributed by atoms with Crippen LogP contribution in [0.25, 0.3) is 0 Å². The number of hydrogen-bond donors (Lipinski definition) is 0. The van der Waals surface area contributed by atoms with Gasteiger partial charge in [-0.05, 0) is 20.4 Å². The molecule has 1 aliphatic rings. The Kier molecular flexibility index (Phi) is 3.79. The van der Waals surface area contributed by atoms with Gasteiger partial charge in [-0.3, -0.25) is 4.79 Å². The Bertz CT molecular complexity index is 404. The monoisotopic (exact) mass is 253 g/mol. The van der Waals surface area contributed by atoms with Gasteiger partial charge in [-0.25, -0.2) is 4.98 Å². The van der Waals surface area contributed by atoms with E-state index in [9.17, 15) is 4.79 Å². The third-order valence-electron chi connectivity index (χ3n) is 3.39. The van der Waals surface area contributed by atoms with Crippen LogP contribution in [0.2, 0.25) is 0 Å². The Morgan fingerprint density at radius 1 is 1.53 bits per heavy atom. The normalized spacial score (nSPS) is 21.8. The van der Waals surface area contributed by atoms with Crippen molar-refractivity contribution in [2.45, 2.75) is 26.3 Å². The summed E-state index contributed by atoms with van der Waals surface area (Å²) in [5.74, 6) is 0. The predicted molar refractivity (Wildman–Crippen MR) is 71.2 cm³/mol. The second kappa shape index (κ2) is 5.14. The average molecular weight is 253 g/mol. The van der Waals surface area contributed by atoms with E-state index in [1.54, 1.807) is 0 Å². The van der Waals surface area contributed by atoms with Crippen molar-refractivity contribution in [1.82, 2.24) is 9.88 Å². The van der Waals surface area contributed by atoms with Crippen LogP contribution in [0.5, 0.6) is 0 Å². The summed E-state index contributed by atoms with van der Waals surface area (Å²) in [6.07, 6.45) is 1.76. The van der Waals surface area contributed by atoms with Gasteiger partial charge in [0.05, 0.1) is 10.6 Å². The highest BCUT2D eigenvalue weighted by molar-refractivity contribution is 7.17. The second-order valence-corrected chi connectivity index (χ2v) is 5.56. The van der Waals surface area contributed by atoms with Crippen molar-refractivity contribution >= 4 is 22.8 Å². The zero-order valence-electron chi connectivity index (χ0n) is 10.6. The van der Waals surface area contributed by atoms with Crippen LogP contribution in [0.3, 0.4) is 0 Å². The lowest BCUT2D eigenvalue weighted by molar-refractivity contribution is 0.112. The minimum absolute atomic E-state index is 0.539. The van der Waals surface area contributed by atoms with Crippen LogP contribution >= 0.6 is 11.3 Å². The number of carbonyl (C=O) groups excluding carboxylic acids is 1. The average Bonchev–Trinajstić information content (AvgIpc) is 2.75. The fourth-order valence-corrected chi connectivity index (χ4v) is 3.06. The molecule has 1 atom stereocenters.